The number of rotatable bonds is 5. The molecule has 0 fully saturated rings. The van der Waals surface area contributed by atoms with Gasteiger partial charge in [-0.05, 0) is 48.9 Å². The topological polar surface area (TPSA) is 73.9 Å². The molecular formula is C18H16BrNO5. The summed E-state index contributed by atoms with van der Waals surface area (Å²) in [5, 5.41) is 2.78. The molecule has 0 aliphatic carbocycles. The molecular weight excluding hydrogens is 390 g/mol. The third-order valence-electron chi connectivity index (χ3n) is 3.69. The molecule has 0 aromatic heterocycles. The minimum absolute atomic E-state index is 0.200. The Morgan fingerprint density at radius 2 is 1.88 bits per heavy atom. The summed E-state index contributed by atoms with van der Waals surface area (Å²) in [6.45, 7) is 1.70. The summed E-state index contributed by atoms with van der Waals surface area (Å²) in [4.78, 5) is 23.9. The molecule has 0 unspecified atom stereocenters. The number of halogens is 1. The molecule has 3 rings (SSSR count). The van der Waals surface area contributed by atoms with Crippen LogP contribution in [0.25, 0.3) is 0 Å². The fourth-order valence-electron chi connectivity index (χ4n) is 2.35. The van der Waals surface area contributed by atoms with Gasteiger partial charge < -0.3 is 19.5 Å². The van der Waals surface area contributed by atoms with E-state index in [1.807, 2.05) is 19.1 Å². The van der Waals surface area contributed by atoms with Crippen LogP contribution < -0.4 is 14.8 Å². The van der Waals surface area contributed by atoms with Crippen molar-refractivity contribution in [3.63, 3.8) is 0 Å². The maximum absolute atomic E-state index is 12.0. The molecule has 1 N–H and O–H groups in total. The molecule has 25 heavy (non-hydrogen) atoms. The smallest absolute Gasteiger partial charge is 0.338 e. The van der Waals surface area contributed by atoms with E-state index >= 15 is 0 Å². The predicted molar refractivity (Wildman–Crippen MR) is 93.5 cm³/mol. The van der Waals surface area contributed by atoms with Gasteiger partial charge in [-0.2, -0.15) is 0 Å². The molecule has 0 spiro atoms. The molecule has 1 heterocycles. The van der Waals surface area contributed by atoms with Crippen molar-refractivity contribution in [1.82, 2.24) is 5.32 Å². The first-order chi connectivity index (χ1) is 12.0. The number of hydrogen-bond donors (Lipinski definition) is 1. The highest BCUT2D eigenvalue weighted by Gasteiger charge is 2.17. The van der Waals surface area contributed by atoms with Crippen molar-refractivity contribution in [1.29, 1.82) is 0 Å². The van der Waals surface area contributed by atoms with Gasteiger partial charge in [0.15, 0.2) is 18.1 Å². The van der Waals surface area contributed by atoms with E-state index < -0.39 is 5.97 Å². The standard InChI is InChI=1S/C18H16BrNO5/c1-11(13-4-7-15-16(8-13)25-10-24-15)20-17(21)9-23-18(22)12-2-5-14(19)6-3-12/h2-8,11H,9-10H2,1H3,(H,20,21)/t11-/m1/s1. The Labute approximate surface area is 153 Å². The van der Waals surface area contributed by atoms with Gasteiger partial charge in [0, 0.05) is 4.47 Å². The Morgan fingerprint density at radius 1 is 1.16 bits per heavy atom. The van der Waals surface area contributed by atoms with Crippen LogP contribution >= 0.6 is 15.9 Å². The maximum atomic E-state index is 12.0. The Morgan fingerprint density at radius 3 is 2.64 bits per heavy atom. The van der Waals surface area contributed by atoms with Crippen LogP contribution in [0.2, 0.25) is 0 Å². The second-order valence-electron chi connectivity index (χ2n) is 5.48. The van der Waals surface area contributed by atoms with E-state index in [0.29, 0.717) is 17.1 Å². The van der Waals surface area contributed by atoms with Crippen LogP contribution in [0, 0.1) is 0 Å². The number of nitrogens with one attached hydrogen (secondary N) is 1. The molecule has 2 aromatic carbocycles. The van der Waals surface area contributed by atoms with E-state index in [-0.39, 0.29) is 25.3 Å². The van der Waals surface area contributed by atoms with Crippen LogP contribution in [-0.2, 0) is 9.53 Å². The molecule has 2 aromatic rings. The number of amides is 1. The maximum Gasteiger partial charge on any atom is 0.338 e. The minimum Gasteiger partial charge on any atom is -0.454 e. The summed E-state index contributed by atoms with van der Waals surface area (Å²) >= 11 is 3.29. The Hall–Kier alpha value is -2.54. The Kier molecular flexibility index (Phi) is 5.23. The summed E-state index contributed by atoms with van der Waals surface area (Å²) < 4.78 is 16.5. The SMILES string of the molecule is C[C@@H](NC(=O)COC(=O)c1ccc(Br)cc1)c1ccc2c(c1)OCO2. The van der Waals surface area contributed by atoms with Crippen LogP contribution in [0.1, 0.15) is 28.9 Å². The van der Waals surface area contributed by atoms with Gasteiger partial charge in [-0.15, -0.1) is 0 Å². The van der Waals surface area contributed by atoms with Crippen LogP contribution in [0.5, 0.6) is 11.5 Å². The van der Waals surface area contributed by atoms with Gasteiger partial charge in [-0.25, -0.2) is 4.79 Å². The first-order valence-corrected chi connectivity index (χ1v) is 8.44. The predicted octanol–water partition coefficient (Wildman–Crippen LogP) is 3.21. The van der Waals surface area contributed by atoms with Crippen molar-refractivity contribution in [2.24, 2.45) is 0 Å². The number of ether oxygens (including phenoxy) is 3. The zero-order chi connectivity index (χ0) is 17.8. The number of carbonyl (C=O) groups excluding carboxylic acids is 2. The molecule has 130 valence electrons. The zero-order valence-electron chi connectivity index (χ0n) is 13.5. The average Bonchev–Trinajstić information content (AvgIpc) is 3.08. The highest BCUT2D eigenvalue weighted by atomic mass is 79.9. The van der Waals surface area contributed by atoms with Crippen molar-refractivity contribution in [3.05, 3.63) is 58.1 Å². The lowest BCUT2D eigenvalue weighted by Gasteiger charge is -2.15. The summed E-state index contributed by atoms with van der Waals surface area (Å²) in [6.07, 6.45) is 0. The van der Waals surface area contributed by atoms with Crippen LogP contribution in [0.15, 0.2) is 46.9 Å². The van der Waals surface area contributed by atoms with Gasteiger partial charge >= 0.3 is 5.97 Å². The third kappa shape index (κ3) is 4.30. The molecule has 0 saturated heterocycles. The minimum atomic E-state index is -0.543. The molecule has 1 aliphatic heterocycles. The molecule has 0 bridgehead atoms. The molecule has 1 atom stereocenters. The molecule has 7 heteroatoms. The third-order valence-corrected chi connectivity index (χ3v) is 4.22. The van der Waals surface area contributed by atoms with E-state index in [1.54, 1.807) is 30.3 Å². The van der Waals surface area contributed by atoms with E-state index in [2.05, 4.69) is 21.2 Å². The van der Waals surface area contributed by atoms with E-state index in [4.69, 9.17) is 14.2 Å². The summed E-state index contributed by atoms with van der Waals surface area (Å²) in [7, 11) is 0. The first-order valence-electron chi connectivity index (χ1n) is 7.64. The van der Waals surface area contributed by atoms with Gasteiger partial charge in [0.2, 0.25) is 6.79 Å². The zero-order valence-corrected chi connectivity index (χ0v) is 15.0. The highest BCUT2D eigenvalue weighted by molar-refractivity contribution is 9.10. The fourth-order valence-corrected chi connectivity index (χ4v) is 2.61. The van der Waals surface area contributed by atoms with Crippen LogP contribution in [-0.4, -0.2) is 25.3 Å². The first kappa shape index (κ1) is 17.3. The van der Waals surface area contributed by atoms with Crippen molar-refractivity contribution < 1.29 is 23.8 Å². The van der Waals surface area contributed by atoms with Crippen LogP contribution in [0.4, 0.5) is 0 Å². The monoisotopic (exact) mass is 405 g/mol. The second-order valence-corrected chi connectivity index (χ2v) is 6.40. The van der Waals surface area contributed by atoms with Gasteiger partial charge in [-0.3, -0.25) is 4.79 Å². The van der Waals surface area contributed by atoms with Crippen molar-refractivity contribution >= 4 is 27.8 Å². The summed E-state index contributed by atoms with van der Waals surface area (Å²) in [6, 6.07) is 11.9. The normalized spacial score (nSPS) is 13.2. The number of hydrogen-bond acceptors (Lipinski definition) is 5. The van der Waals surface area contributed by atoms with Crippen molar-refractivity contribution in [2.45, 2.75) is 13.0 Å². The molecule has 0 radical (unpaired) electrons. The van der Waals surface area contributed by atoms with E-state index in [1.165, 1.54) is 0 Å². The number of fused-ring (bicyclic) bond motifs is 1. The van der Waals surface area contributed by atoms with E-state index in [0.717, 1.165) is 10.0 Å². The fraction of sp³-hybridized carbons (Fsp3) is 0.222. The second kappa shape index (κ2) is 7.57. The number of esters is 1. The van der Waals surface area contributed by atoms with Crippen molar-refractivity contribution in [2.75, 3.05) is 13.4 Å². The van der Waals surface area contributed by atoms with Crippen LogP contribution in [0.3, 0.4) is 0 Å². The van der Waals surface area contributed by atoms with Gasteiger partial charge in [-0.1, -0.05) is 22.0 Å². The Balaban J connectivity index is 1.52. The number of benzene rings is 2. The lowest BCUT2D eigenvalue weighted by Crippen LogP contribution is -2.31. The van der Waals surface area contributed by atoms with Crippen molar-refractivity contribution in [3.8, 4) is 11.5 Å². The summed E-state index contributed by atoms with van der Waals surface area (Å²) in [5.74, 6) is 0.417. The molecule has 1 amide bonds. The largest absolute Gasteiger partial charge is 0.454 e. The highest BCUT2D eigenvalue weighted by Crippen LogP contribution is 2.34. The Bertz CT molecular complexity index is 791. The van der Waals surface area contributed by atoms with Gasteiger partial charge in [0.25, 0.3) is 5.91 Å². The quantitative estimate of drug-likeness (QED) is 0.773. The van der Waals surface area contributed by atoms with E-state index in [9.17, 15) is 9.59 Å². The molecule has 1 aliphatic rings. The average molecular weight is 406 g/mol. The molecule has 0 saturated carbocycles. The lowest BCUT2D eigenvalue weighted by molar-refractivity contribution is -0.124. The number of carbonyl (C=O) groups is 2. The lowest BCUT2D eigenvalue weighted by atomic mass is 10.1. The summed E-state index contributed by atoms with van der Waals surface area (Å²) in [5.41, 5.74) is 1.26. The van der Waals surface area contributed by atoms with Gasteiger partial charge in [0.1, 0.15) is 0 Å². The molecule has 6 nitrogen and oxygen atoms in total. The van der Waals surface area contributed by atoms with Gasteiger partial charge in [0.05, 0.1) is 11.6 Å².